The Morgan fingerprint density at radius 2 is 2.15 bits per heavy atom. The van der Waals surface area contributed by atoms with Crippen LogP contribution in [0.25, 0.3) is 0 Å². The van der Waals surface area contributed by atoms with Crippen LogP contribution in [-0.4, -0.2) is 18.8 Å². The summed E-state index contributed by atoms with van der Waals surface area (Å²) in [5, 5.41) is 0. The fourth-order valence-electron chi connectivity index (χ4n) is 1.24. The van der Waals surface area contributed by atoms with E-state index in [1.54, 1.807) is 0 Å². The Morgan fingerprint density at radius 1 is 1.46 bits per heavy atom. The molecule has 2 rings (SSSR count). The minimum Gasteiger partial charge on any atom is -0.371 e. The van der Waals surface area contributed by atoms with Crippen LogP contribution in [0.4, 0.5) is 0 Å². The molecule has 1 aliphatic rings. The lowest BCUT2D eigenvalue weighted by Gasteiger charge is -2.09. The molecule has 2 heteroatoms. The van der Waals surface area contributed by atoms with E-state index in [1.165, 1.54) is 5.56 Å². The van der Waals surface area contributed by atoms with E-state index in [9.17, 15) is 0 Å². The van der Waals surface area contributed by atoms with Gasteiger partial charge in [0.05, 0.1) is 19.3 Å². The van der Waals surface area contributed by atoms with Gasteiger partial charge in [0.1, 0.15) is 6.10 Å². The van der Waals surface area contributed by atoms with E-state index in [4.69, 9.17) is 9.47 Å². The molecule has 0 bridgehead atoms. The van der Waals surface area contributed by atoms with Crippen LogP contribution in [0.1, 0.15) is 12.5 Å². The van der Waals surface area contributed by atoms with Crippen molar-refractivity contribution in [3.05, 3.63) is 35.9 Å². The van der Waals surface area contributed by atoms with Crippen molar-refractivity contribution < 1.29 is 9.47 Å². The van der Waals surface area contributed by atoms with E-state index >= 15 is 0 Å². The summed E-state index contributed by atoms with van der Waals surface area (Å²) < 4.78 is 10.8. The van der Waals surface area contributed by atoms with Gasteiger partial charge in [-0.25, -0.2) is 0 Å². The van der Waals surface area contributed by atoms with Crippen molar-refractivity contribution in [3.63, 3.8) is 0 Å². The molecule has 70 valence electrons. The molecule has 0 spiro atoms. The molecule has 2 nitrogen and oxygen atoms in total. The first-order chi connectivity index (χ1) is 6.36. The number of epoxide rings is 1. The second-order valence-electron chi connectivity index (χ2n) is 3.37. The van der Waals surface area contributed by atoms with Crippen LogP contribution in [0.3, 0.4) is 0 Å². The largest absolute Gasteiger partial charge is 0.371 e. The van der Waals surface area contributed by atoms with E-state index < -0.39 is 0 Å². The highest BCUT2D eigenvalue weighted by Gasteiger charge is 2.29. The molecule has 0 saturated carbocycles. The van der Waals surface area contributed by atoms with Gasteiger partial charge in [0.2, 0.25) is 0 Å². The minimum absolute atomic E-state index is 0.222. The molecular weight excluding hydrogens is 164 g/mol. The Kier molecular flexibility index (Phi) is 2.62. The number of rotatable bonds is 4. The summed E-state index contributed by atoms with van der Waals surface area (Å²) in [4.78, 5) is 0. The summed E-state index contributed by atoms with van der Waals surface area (Å²) in [5.74, 6) is 0. The SMILES string of the molecule is C[C@@H](OCc1ccccc1)[C@H]1CO1. The third kappa shape index (κ3) is 2.54. The molecule has 0 aromatic heterocycles. The van der Waals surface area contributed by atoms with Crippen LogP contribution in [-0.2, 0) is 16.1 Å². The average molecular weight is 178 g/mol. The van der Waals surface area contributed by atoms with Crippen molar-refractivity contribution in [1.29, 1.82) is 0 Å². The first-order valence-corrected chi connectivity index (χ1v) is 4.63. The smallest absolute Gasteiger partial charge is 0.107 e. The summed E-state index contributed by atoms with van der Waals surface area (Å²) in [7, 11) is 0. The Labute approximate surface area is 78.5 Å². The fraction of sp³-hybridized carbons (Fsp3) is 0.455. The summed E-state index contributed by atoms with van der Waals surface area (Å²) in [6, 6.07) is 10.2. The van der Waals surface area contributed by atoms with Crippen LogP contribution >= 0.6 is 0 Å². The average Bonchev–Trinajstić information content (AvgIpc) is 2.99. The molecule has 1 aromatic carbocycles. The van der Waals surface area contributed by atoms with Crippen LogP contribution in [0, 0.1) is 0 Å². The predicted molar refractivity (Wildman–Crippen MR) is 50.4 cm³/mol. The predicted octanol–water partition coefficient (Wildman–Crippen LogP) is 1.99. The lowest BCUT2D eigenvalue weighted by atomic mass is 10.2. The van der Waals surface area contributed by atoms with E-state index in [0.29, 0.717) is 12.7 Å². The van der Waals surface area contributed by atoms with E-state index in [-0.39, 0.29) is 6.10 Å². The van der Waals surface area contributed by atoms with Gasteiger partial charge < -0.3 is 9.47 Å². The molecule has 0 radical (unpaired) electrons. The monoisotopic (exact) mass is 178 g/mol. The zero-order valence-electron chi connectivity index (χ0n) is 7.77. The Bertz CT molecular complexity index is 254. The zero-order valence-corrected chi connectivity index (χ0v) is 7.77. The van der Waals surface area contributed by atoms with Crippen molar-refractivity contribution in [2.45, 2.75) is 25.7 Å². The minimum atomic E-state index is 0.222. The van der Waals surface area contributed by atoms with Crippen LogP contribution in [0.2, 0.25) is 0 Å². The van der Waals surface area contributed by atoms with Gasteiger partial charge >= 0.3 is 0 Å². The van der Waals surface area contributed by atoms with Gasteiger partial charge in [-0.1, -0.05) is 30.3 Å². The molecular formula is C11H14O2. The van der Waals surface area contributed by atoms with Crippen molar-refractivity contribution in [2.75, 3.05) is 6.61 Å². The summed E-state index contributed by atoms with van der Waals surface area (Å²) >= 11 is 0. The molecule has 1 heterocycles. The summed E-state index contributed by atoms with van der Waals surface area (Å²) in [6.07, 6.45) is 0.559. The Morgan fingerprint density at radius 3 is 2.77 bits per heavy atom. The number of ether oxygens (including phenoxy) is 2. The van der Waals surface area contributed by atoms with Crippen molar-refractivity contribution in [1.82, 2.24) is 0 Å². The molecule has 1 fully saturated rings. The Balaban J connectivity index is 1.78. The van der Waals surface area contributed by atoms with Gasteiger partial charge in [0.15, 0.2) is 0 Å². The van der Waals surface area contributed by atoms with Crippen LogP contribution < -0.4 is 0 Å². The van der Waals surface area contributed by atoms with E-state index in [2.05, 4.69) is 19.1 Å². The number of hydrogen-bond acceptors (Lipinski definition) is 2. The first-order valence-electron chi connectivity index (χ1n) is 4.63. The topological polar surface area (TPSA) is 21.8 Å². The molecule has 1 saturated heterocycles. The molecule has 2 atom stereocenters. The molecule has 0 unspecified atom stereocenters. The quantitative estimate of drug-likeness (QED) is 0.658. The molecule has 0 N–H and O–H groups in total. The molecule has 0 aliphatic carbocycles. The van der Waals surface area contributed by atoms with Gasteiger partial charge in [-0.2, -0.15) is 0 Å². The number of hydrogen-bond donors (Lipinski definition) is 0. The maximum atomic E-state index is 5.63. The van der Waals surface area contributed by atoms with Crippen molar-refractivity contribution in [2.24, 2.45) is 0 Å². The number of benzene rings is 1. The van der Waals surface area contributed by atoms with Crippen LogP contribution in [0.15, 0.2) is 30.3 Å². The molecule has 0 amide bonds. The van der Waals surface area contributed by atoms with Gasteiger partial charge in [-0.3, -0.25) is 0 Å². The second kappa shape index (κ2) is 3.90. The van der Waals surface area contributed by atoms with Crippen molar-refractivity contribution >= 4 is 0 Å². The normalized spacial score (nSPS) is 22.7. The lowest BCUT2D eigenvalue weighted by molar-refractivity contribution is 0.0340. The van der Waals surface area contributed by atoms with Gasteiger partial charge in [0.25, 0.3) is 0 Å². The van der Waals surface area contributed by atoms with Crippen LogP contribution in [0.5, 0.6) is 0 Å². The van der Waals surface area contributed by atoms with Gasteiger partial charge in [-0.15, -0.1) is 0 Å². The highest BCUT2D eigenvalue weighted by atomic mass is 16.6. The van der Waals surface area contributed by atoms with Crippen molar-refractivity contribution in [3.8, 4) is 0 Å². The molecule has 1 aliphatic heterocycles. The van der Waals surface area contributed by atoms with E-state index in [0.717, 1.165) is 6.61 Å². The maximum absolute atomic E-state index is 5.63. The summed E-state index contributed by atoms with van der Waals surface area (Å²) in [5.41, 5.74) is 1.22. The Hall–Kier alpha value is -0.860. The second-order valence-corrected chi connectivity index (χ2v) is 3.37. The highest BCUT2D eigenvalue weighted by Crippen LogP contribution is 2.17. The first kappa shape index (κ1) is 8.73. The summed E-state index contributed by atoms with van der Waals surface area (Å²) in [6.45, 7) is 3.60. The van der Waals surface area contributed by atoms with Gasteiger partial charge in [0, 0.05) is 0 Å². The standard InChI is InChI=1S/C11H14O2/c1-9(11-8-13-11)12-7-10-5-3-2-4-6-10/h2-6,9,11H,7-8H2,1H3/t9-,11-/m1/s1. The molecule has 13 heavy (non-hydrogen) atoms. The third-order valence-electron chi connectivity index (χ3n) is 2.24. The zero-order chi connectivity index (χ0) is 9.10. The fourth-order valence-corrected chi connectivity index (χ4v) is 1.24. The lowest BCUT2D eigenvalue weighted by Crippen LogP contribution is -2.14. The highest BCUT2D eigenvalue weighted by molar-refractivity contribution is 5.13. The maximum Gasteiger partial charge on any atom is 0.107 e. The van der Waals surface area contributed by atoms with Gasteiger partial charge in [-0.05, 0) is 12.5 Å². The van der Waals surface area contributed by atoms with E-state index in [1.807, 2.05) is 18.2 Å². The molecule has 1 aromatic rings. The third-order valence-corrected chi connectivity index (χ3v) is 2.24.